The van der Waals surface area contributed by atoms with Gasteiger partial charge < -0.3 is 10.2 Å². The number of hydrogen-bond acceptors (Lipinski definition) is 2. The maximum Gasteiger partial charge on any atom is 0.416 e. The van der Waals surface area contributed by atoms with E-state index >= 15 is 0 Å². The Labute approximate surface area is 127 Å². The van der Waals surface area contributed by atoms with Crippen molar-refractivity contribution in [3.8, 4) is 0 Å². The van der Waals surface area contributed by atoms with Crippen LogP contribution < -0.4 is 5.32 Å². The minimum atomic E-state index is -4.34. The normalized spacial score (nSPS) is 26.7. The van der Waals surface area contributed by atoms with Crippen molar-refractivity contribution in [3.63, 3.8) is 0 Å². The van der Waals surface area contributed by atoms with Crippen LogP contribution in [0.1, 0.15) is 31.2 Å². The zero-order chi connectivity index (χ0) is 15.0. The minimum absolute atomic E-state index is 0.199. The van der Waals surface area contributed by atoms with Crippen molar-refractivity contribution in [2.45, 2.75) is 43.9 Å². The largest absolute Gasteiger partial charge is 0.416 e. The Morgan fingerprint density at radius 3 is 2.76 bits per heavy atom. The van der Waals surface area contributed by atoms with Gasteiger partial charge >= 0.3 is 6.18 Å². The van der Waals surface area contributed by atoms with Gasteiger partial charge in [-0.25, -0.2) is 0 Å². The summed E-state index contributed by atoms with van der Waals surface area (Å²) in [6.07, 6.45) is 0.00168. The molecule has 0 spiro atoms. The van der Waals surface area contributed by atoms with Crippen LogP contribution >= 0.6 is 11.6 Å². The number of alkyl halides is 3. The number of benzene rings is 1. The van der Waals surface area contributed by atoms with Crippen molar-refractivity contribution in [3.05, 3.63) is 28.8 Å². The predicted molar refractivity (Wildman–Crippen MR) is 77.7 cm³/mol. The fraction of sp³-hybridized carbons (Fsp3) is 0.600. The highest BCUT2D eigenvalue weighted by Gasteiger charge is 2.33. The quantitative estimate of drug-likeness (QED) is 0.869. The first-order chi connectivity index (χ1) is 9.93. The zero-order valence-electron chi connectivity index (χ0n) is 11.6. The highest BCUT2D eigenvalue weighted by molar-refractivity contribution is 6.33. The van der Waals surface area contributed by atoms with E-state index in [9.17, 15) is 13.2 Å². The molecule has 21 heavy (non-hydrogen) atoms. The lowest BCUT2D eigenvalue weighted by atomic mass is 9.97. The number of anilines is 1. The molecule has 2 aliphatic heterocycles. The summed E-state index contributed by atoms with van der Waals surface area (Å²) in [5.74, 6) is 0. The summed E-state index contributed by atoms with van der Waals surface area (Å²) in [7, 11) is 0. The first-order valence-electron chi connectivity index (χ1n) is 7.31. The minimum Gasteiger partial charge on any atom is -0.381 e. The molecule has 1 N–H and O–H groups in total. The SMILES string of the molecule is FC(F)(F)c1ccc(Cl)c(NC2CCN3CCCC3C2)c1. The van der Waals surface area contributed by atoms with Crippen LogP contribution in [0.2, 0.25) is 5.02 Å². The van der Waals surface area contributed by atoms with Crippen LogP contribution in [-0.2, 0) is 6.18 Å². The Balaban J connectivity index is 1.72. The van der Waals surface area contributed by atoms with E-state index in [0.717, 1.165) is 38.1 Å². The molecule has 1 aromatic rings. The van der Waals surface area contributed by atoms with Crippen LogP contribution in [0.15, 0.2) is 18.2 Å². The van der Waals surface area contributed by atoms with E-state index in [2.05, 4.69) is 10.2 Å². The topological polar surface area (TPSA) is 15.3 Å². The summed E-state index contributed by atoms with van der Waals surface area (Å²) in [4.78, 5) is 2.48. The van der Waals surface area contributed by atoms with Crippen molar-refractivity contribution >= 4 is 17.3 Å². The number of piperidine rings is 1. The fourth-order valence-electron chi connectivity index (χ4n) is 3.39. The Hall–Kier alpha value is -0.940. The molecule has 2 atom stereocenters. The third-order valence-electron chi connectivity index (χ3n) is 4.47. The van der Waals surface area contributed by atoms with E-state index < -0.39 is 11.7 Å². The van der Waals surface area contributed by atoms with Crippen LogP contribution in [-0.4, -0.2) is 30.1 Å². The number of hydrogen-bond donors (Lipinski definition) is 1. The highest BCUT2D eigenvalue weighted by Crippen LogP contribution is 2.35. The number of rotatable bonds is 2. The Morgan fingerprint density at radius 2 is 2.00 bits per heavy atom. The molecule has 6 heteroatoms. The van der Waals surface area contributed by atoms with E-state index in [-0.39, 0.29) is 6.04 Å². The lowest BCUT2D eigenvalue weighted by Gasteiger charge is -2.35. The Kier molecular flexibility index (Phi) is 4.06. The predicted octanol–water partition coefficient (Wildman–Crippen LogP) is 4.40. The maximum atomic E-state index is 12.8. The average Bonchev–Trinajstić information content (AvgIpc) is 2.87. The molecule has 0 saturated carbocycles. The third kappa shape index (κ3) is 3.29. The standard InChI is InChI=1S/C15H18ClF3N2/c16-13-4-3-10(15(17,18)19)8-14(13)20-11-5-7-21-6-1-2-12(21)9-11/h3-4,8,11-12,20H,1-2,5-7,9H2. The van der Waals surface area contributed by atoms with Gasteiger partial charge in [0.15, 0.2) is 0 Å². The molecule has 0 amide bonds. The molecule has 2 saturated heterocycles. The summed E-state index contributed by atoms with van der Waals surface area (Å²) >= 11 is 6.04. The molecular weight excluding hydrogens is 301 g/mol. The first-order valence-corrected chi connectivity index (χ1v) is 7.68. The molecule has 0 radical (unpaired) electrons. The molecule has 0 bridgehead atoms. The molecule has 3 rings (SSSR count). The second-order valence-electron chi connectivity index (χ2n) is 5.89. The Bertz CT molecular complexity index is 518. The van der Waals surface area contributed by atoms with Crippen LogP contribution in [0.3, 0.4) is 0 Å². The van der Waals surface area contributed by atoms with Gasteiger partial charge in [-0.1, -0.05) is 11.6 Å². The number of nitrogens with zero attached hydrogens (tertiary/aromatic N) is 1. The zero-order valence-corrected chi connectivity index (χ0v) is 12.3. The van der Waals surface area contributed by atoms with Crippen molar-refractivity contribution in [2.24, 2.45) is 0 Å². The molecule has 2 aliphatic rings. The molecule has 116 valence electrons. The van der Waals surface area contributed by atoms with Gasteiger partial charge in [0.05, 0.1) is 16.3 Å². The second kappa shape index (κ2) is 5.69. The van der Waals surface area contributed by atoms with Gasteiger partial charge in [0.1, 0.15) is 0 Å². The number of nitrogens with one attached hydrogen (secondary N) is 1. The number of fused-ring (bicyclic) bond motifs is 1. The summed E-state index contributed by atoms with van der Waals surface area (Å²) in [5, 5.41) is 3.56. The van der Waals surface area contributed by atoms with Crippen molar-refractivity contribution in [1.82, 2.24) is 4.90 Å². The van der Waals surface area contributed by atoms with Gasteiger partial charge in [-0.15, -0.1) is 0 Å². The van der Waals surface area contributed by atoms with E-state index in [1.54, 1.807) is 0 Å². The van der Waals surface area contributed by atoms with Gasteiger partial charge in [0.2, 0.25) is 0 Å². The first kappa shape index (κ1) is 15.0. The van der Waals surface area contributed by atoms with Gasteiger partial charge in [-0.3, -0.25) is 0 Å². The van der Waals surface area contributed by atoms with Gasteiger partial charge in [-0.05, 0) is 50.4 Å². The van der Waals surface area contributed by atoms with E-state index in [1.807, 2.05) is 0 Å². The number of halogens is 4. The smallest absolute Gasteiger partial charge is 0.381 e. The molecule has 2 fully saturated rings. The molecular formula is C15H18ClF3N2. The lowest BCUT2D eigenvalue weighted by molar-refractivity contribution is -0.137. The average molecular weight is 319 g/mol. The van der Waals surface area contributed by atoms with Gasteiger partial charge in [-0.2, -0.15) is 13.2 Å². The van der Waals surface area contributed by atoms with Crippen LogP contribution in [0.5, 0.6) is 0 Å². The van der Waals surface area contributed by atoms with Crippen molar-refractivity contribution in [1.29, 1.82) is 0 Å². The molecule has 2 heterocycles. The fourth-order valence-corrected chi connectivity index (χ4v) is 3.56. The van der Waals surface area contributed by atoms with E-state index in [1.165, 1.54) is 18.9 Å². The lowest BCUT2D eigenvalue weighted by Crippen LogP contribution is -2.42. The summed E-state index contributed by atoms with van der Waals surface area (Å²) < 4.78 is 38.3. The molecule has 2 unspecified atom stereocenters. The molecule has 0 aromatic heterocycles. The summed E-state index contributed by atoms with van der Waals surface area (Å²) in [6, 6.07) is 4.22. The van der Waals surface area contributed by atoms with Gasteiger partial charge in [0.25, 0.3) is 0 Å². The van der Waals surface area contributed by atoms with Gasteiger partial charge in [0, 0.05) is 18.6 Å². The van der Waals surface area contributed by atoms with Crippen LogP contribution in [0, 0.1) is 0 Å². The highest BCUT2D eigenvalue weighted by atomic mass is 35.5. The van der Waals surface area contributed by atoms with E-state index in [0.29, 0.717) is 16.8 Å². The molecule has 0 aliphatic carbocycles. The van der Waals surface area contributed by atoms with Crippen molar-refractivity contribution in [2.75, 3.05) is 18.4 Å². The maximum absolute atomic E-state index is 12.8. The third-order valence-corrected chi connectivity index (χ3v) is 4.80. The van der Waals surface area contributed by atoms with Crippen molar-refractivity contribution < 1.29 is 13.2 Å². The molecule has 2 nitrogen and oxygen atoms in total. The monoisotopic (exact) mass is 318 g/mol. The van der Waals surface area contributed by atoms with Crippen LogP contribution in [0.25, 0.3) is 0 Å². The second-order valence-corrected chi connectivity index (χ2v) is 6.30. The molecule has 1 aromatic carbocycles. The summed E-state index contributed by atoms with van der Waals surface area (Å²) in [5.41, 5.74) is -0.268. The summed E-state index contributed by atoms with van der Waals surface area (Å²) in [6.45, 7) is 2.17. The van der Waals surface area contributed by atoms with Crippen LogP contribution in [0.4, 0.5) is 18.9 Å². The van der Waals surface area contributed by atoms with E-state index in [4.69, 9.17) is 11.6 Å². The Morgan fingerprint density at radius 1 is 1.19 bits per heavy atom.